The maximum Gasteiger partial charge on any atom is 0.350 e. The fourth-order valence-corrected chi connectivity index (χ4v) is 2.69. The molecular formula is C20H25NO6. The monoisotopic (exact) mass is 375 g/mol. The van der Waals surface area contributed by atoms with E-state index in [0.717, 1.165) is 5.56 Å². The van der Waals surface area contributed by atoms with Crippen LogP contribution in [0.15, 0.2) is 36.0 Å². The molecule has 0 aromatic heterocycles. The second-order valence-electron chi connectivity index (χ2n) is 8.09. The summed E-state index contributed by atoms with van der Waals surface area (Å²) in [6, 6.07) is 7.37. The van der Waals surface area contributed by atoms with Crippen LogP contribution < -0.4 is 5.32 Å². The number of hydrogen-bond donors (Lipinski definition) is 1. The van der Waals surface area contributed by atoms with Gasteiger partial charge in [-0.1, -0.05) is 12.1 Å². The molecule has 1 N–H and O–H groups in total. The Morgan fingerprint density at radius 2 is 1.48 bits per heavy atom. The summed E-state index contributed by atoms with van der Waals surface area (Å²) < 4.78 is 22.2. The molecule has 1 aromatic rings. The molecule has 2 heterocycles. The standard InChI is InChI=1S/C20H25NO6/c1-18(2)19(3,4)27-17(26-18)12-8-7-9-13(10-12)21-11-14-15(22)24-20(5,6)25-16(14)23/h7-11,17,21H,1-6H3. The minimum Gasteiger partial charge on any atom is -0.419 e. The van der Waals surface area contributed by atoms with Gasteiger partial charge in [-0.3, -0.25) is 0 Å². The number of hydrogen-bond acceptors (Lipinski definition) is 7. The van der Waals surface area contributed by atoms with Crippen molar-refractivity contribution in [2.24, 2.45) is 0 Å². The molecule has 0 atom stereocenters. The van der Waals surface area contributed by atoms with E-state index in [1.54, 1.807) is 6.07 Å². The number of cyclic esters (lactones) is 2. The summed E-state index contributed by atoms with van der Waals surface area (Å²) in [5.74, 6) is -2.72. The quantitative estimate of drug-likeness (QED) is 0.492. The molecule has 2 aliphatic rings. The van der Waals surface area contributed by atoms with Crippen LogP contribution in [-0.4, -0.2) is 28.9 Å². The summed E-state index contributed by atoms with van der Waals surface area (Å²) in [7, 11) is 0. The average molecular weight is 375 g/mol. The second-order valence-corrected chi connectivity index (χ2v) is 8.09. The topological polar surface area (TPSA) is 83.1 Å². The first kappa shape index (κ1) is 19.4. The lowest BCUT2D eigenvalue weighted by atomic mass is 9.90. The normalized spacial score (nSPS) is 23.6. The van der Waals surface area contributed by atoms with Crippen molar-refractivity contribution < 1.29 is 28.5 Å². The zero-order valence-corrected chi connectivity index (χ0v) is 16.4. The number of rotatable bonds is 3. The second kappa shape index (κ2) is 6.35. The molecule has 2 aliphatic heterocycles. The van der Waals surface area contributed by atoms with E-state index >= 15 is 0 Å². The van der Waals surface area contributed by atoms with E-state index in [0.29, 0.717) is 5.69 Å². The molecule has 0 radical (unpaired) electrons. The lowest BCUT2D eigenvalue weighted by Crippen LogP contribution is -2.42. The van der Waals surface area contributed by atoms with Gasteiger partial charge in [0.1, 0.15) is 0 Å². The van der Waals surface area contributed by atoms with E-state index in [1.165, 1.54) is 20.0 Å². The van der Waals surface area contributed by atoms with Crippen molar-refractivity contribution in [1.29, 1.82) is 0 Å². The molecule has 3 rings (SSSR count). The molecule has 2 saturated heterocycles. The van der Waals surface area contributed by atoms with E-state index in [1.807, 2.05) is 45.9 Å². The van der Waals surface area contributed by atoms with Crippen LogP contribution in [0, 0.1) is 0 Å². The Bertz CT molecular complexity index is 770. The van der Waals surface area contributed by atoms with E-state index in [2.05, 4.69) is 5.32 Å². The predicted octanol–water partition coefficient (Wildman–Crippen LogP) is 3.42. The Balaban J connectivity index is 1.76. The van der Waals surface area contributed by atoms with Crippen LogP contribution in [0.3, 0.4) is 0 Å². The van der Waals surface area contributed by atoms with Crippen molar-refractivity contribution in [2.75, 3.05) is 5.32 Å². The lowest BCUT2D eigenvalue weighted by Gasteiger charge is -2.30. The summed E-state index contributed by atoms with van der Waals surface area (Å²) in [6.07, 6.45) is 0.776. The molecule has 0 saturated carbocycles. The Morgan fingerprint density at radius 3 is 2.04 bits per heavy atom. The van der Waals surface area contributed by atoms with Crippen molar-refractivity contribution in [1.82, 2.24) is 0 Å². The van der Waals surface area contributed by atoms with Gasteiger partial charge in [-0.15, -0.1) is 0 Å². The SMILES string of the molecule is CC1(C)OC(=O)C(=CNc2cccc(C3OC(C)(C)C(C)(C)O3)c2)C(=O)O1. The van der Waals surface area contributed by atoms with Gasteiger partial charge in [-0.2, -0.15) is 0 Å². The first-order valence-corrected chi connectivity index (χ1v) is 8.79. The third-order valence-corrected chi connectivity index (χ3v) is 4.91. The zero-order valence-electron chi connectivity index (χ0n) is 16.4. The predicted molar refractivity (Wildman–Crippen MR) is 97.5 cm³/mol. The van der Waals surface area contributed by atoms with E-state index in [9.17, 15) is 9.59 Å². The Hall–Kier alpha value is -2.38. The maximum absolute atomic E-state index is 12.0. The molecule has 27 heavy (non-hydrogen) atoms. The summed E-state index contributed by atoms with van der Waals surface area (Å²) >= 11 is 0. The first-order valence-electron chi connectivity index (χ1n) is 8.79. The first-order chi connectivity index (χ1) is 12.4. The average Bonchev–Trinajstić information content (AvgIpc) is 2.74. The maximum atomic E-state index is 12.0. The molecule has 0 bridgehead atoms. The fourth-order valence-electron chi connectivity index (χ4n) is 2.69. The number of esters is 2. The highest BCUT2D eigenvalue weighted by Gasteiger charge is 2.49. The summed E-state index contributed by atoms with van der Waals surface area (Å²) in [6.45, 7) is 11.0. The van der Waals surface area contributed by atoms with Crippen LogP contribution in [-0.2, 0) is 28.5 Å². The summed E-state index contributed by atoms with van der Waals surface area (Å²) in [5.41, 5.74) is 0.416. The van der Waals surface area contributed by atoms with Crippen molar-refractivity contribution in [3.63, 3.8) is 0 Å². The van der Waals surface area contributed by atoms with Gasteiger partial charge in [0, 0.05) is 31.3 Å². The van der Waals surface area contributed by atoms with Crippen LogP contribution in [0.25, 0.3) is 0 Å². The smallest absolute Gasteiger partial charge is 0.350 e. The van der Waals surface area contributed by atoms with Crippen molar-refractivity contribution in [3.8, 4) is 0 Å². The minimum atomic E-state index is -1.26. The third kappa shape index (κ3) is 3.84. The van der Waals surface area contributed by atoms with Crippen molar-refractivity contribution in [3.05, 3.63) is 41.6 Å². The van der Waals surface area contributed by atoms with Gasteiger partial charge in [0.25, 0.3) is 5.79 Å². The Kier molecular flexibility index (Phi) is 4.56. The number of carbonyl (C=O) groups is 2. The number of ether oxygens (including phenoxy) is 4. The highest BCUT2D eigenvalue weighted by molar-refractivity contribution is 6.15. The molecule has 146 valence electrons. The number of benzene rings is 1. The van der Waals surface area contributed by atoms with Gasteiger partial charge in [0.2, 0.25) is 0 Å². The van der Waals surface area contributed by atoms with E-state index < -0.39 is 35.2 Å². The van der Waals surface area contributed by atoms with Gasteiger partial charge >= 0.3 is 11.9 Å². The highest BCUT2D eigenvalue weighted by atomic mass is 16.8. The molecular weight excluding hydrogens is 350 g/mol. The van der Waals surface area contributed by atoms with E-state index in [-0.39, 0.29) is 5.57 Å². The molecule has 1 aromatic carbocycles. The van der Waals surface area contributed by atoms with Crippen LogP contribution >= 0.6 is 0 Å². The number of anilines is 1. The summed E-state index contributed by atoms with van der Waals surface area (Å²) in [5, 5.41) is 2.93. The third-order valence-electron chi connectivity index (χ3n) is 4.91. The highest BCUT2D eigenvalue weighted by Crippen LogP contribution is 2.44. The molecule has 7 heteroatoms. The van der Waals surface area contributed by atoms with Crippen LogP contribution in [0.2, 0.25) is 0 Å². The van der Waals surface area contributed by atoms with Crippen LogP contribution in [0.5, 0.6) is 0 Å². The number of carbonyl (C=O) groups excluding carboxylic acids is 2. The zero-order chi connectivity index (χ0) is 20.0. The molecule has 0 unspecified atom stereocenters. The molecule has 0 amide bonds. The largest absolute Gasteiger partial charge is 0.419 e. The fraction of sp³-hybridized carbons (Fsp3) is 0.500. The van der Waals surface area contributed by atoms with Crippen molar-refractivity contribution in [2.45, 2.75) is 64.8 Å². The molecule has 0 spiro atoms. The van der Waals surface area contributed by atoms with Gasteiger partial charge < -0.3 is 24.3 Å². The van der Waals surface area contributed by atoms with Gasteiger partial charge in [0.15, 0.2) is 11.9 Å². The van der Waals surface area contributed by atoms with E-state index in [4.69, 9.17) is 18.9 Å². The molecule has 7 nitrogen and oxygen atoms in total. The molecule has 2 fully saturated rings. The Labute approximate surface area is 158 Å². The van der Waals surface area contributed by atoms with Gasteiger partial charge in [0.05, 0.1) is 11.2 Å². The van der Waals surface area contributed by atoms with Crippen LogP contribution in [0.4, 0.5) is 5.69 Å². The van der Waals surface area contributed by atoms with Crippen LogP contribution in [0.1, 0.15) is 53.4 Å². The summed E-state index contributed by atoms with van der Waals surface area (Å²) in [4.78, 5) is 24.0. The van der Waals surface area contributed by atoms with Gasteiger partial charge in [-0.05, 0) is 39.8 Å². The Morgan fingerprint density at radius 1 is 0.926 bits per heavy atom. The number of nitrogens with one attached hydrogen (secondary N) is 1. The minimum absolute atomic E-state index is 0.199. The van der Waals surface area contributed by atoms with Gasteiger partial charge in [-0.25, -0.2) is 9.59 Å². The molecule has 0 aliphatic carbocycles. The lowest BCUT2D eigenvalue weighted by molar-refractivity contribution is -0.222. The van der Waals surface area contributed by atoms with Crippen molar-refractivity contribution >= 4 is 17.6 Å².